The Morgan fingerprint density at radius 3 is 2.64 bits per heavy atom. The quantitative estimate of drug-likeness (QED) is 0.581. The Labute approximate surface area is 80.3 Å². The molecule has 0 aliphatic heterocycles. The summed E-state index contributed by atoms with van der Waals surface area (Å²) in [6, 6.07) is 5.67. The van der Waals surface area contributed by atoms with Crippen molar-refractivity contribution in [3.8, 4) is 0 Å². The molecule has 0 radical (unpaired) electrons. The maximum Gasteiger partial charge on any atom is 0.0902 e. The lowest BCUT2D eigenvalue weighted by Crippen LogP contribution is -1.94. The van der Waals surface area contributed by atoms with Crippen LogP contribution in [0.2, 0.25) is 10.0 Å². The van der Waals surface area contributed by atoms with Crippen LogP contribution in [0.15, 0.2) is 18.2 Å². The molecular formula is C7H6Cl3N. The summed E-state index contributed by atoms with van der Waals surface area (Å²) in [6.45, 7) is 0. The highest BCUT2D eigenvalue weighted by atomic mass is 35.5. The fourth-order valence-electron chi connectivity index (χ4n) is 0.712. The summed E-state index contributed by atoms with van der Waals surface area (Å²) >= 11 is 17.0. The van der Waals surface area contributed by atoms with Gasteiger partial charge in [-0.05, 0) is 12.1 Å². The maximum atomic E-state index is 5.82. The van der Waals surface area contributed by atoms with Gasteiger partial charge in [-0.15, -0.1) is 11.6 Å². The van der Waals surface area contributed by atoms with Crippen molar-refractivity contribution in [2.24, 2.45) is 0 Å². The van der Waals surface area contributed by atoms with Gasteiger partial charge in [-0.3, -0.25) is 0 Å². The number of anilines is 1. The molecule has 0 spiro atoms. The van der Waals surface area contributed by atoms with Gasteiger partial charge in [0.1, 0.15) is 0 Å². The standard InChI is InChI=1S/C7H6Cl3N/c8-4-11-6-3-1-2-5(9)7(6)10/h1-3,11H,4H2. The molecule has 0 aromatic heterocycles. The van der Waals surface area contributed by atoms with Crippen LogP contribution in [0.25, 0.3) is 0 Å². The second kappa shape index (κ2) is 4.05. The van der Waals surface area contributed by atoms with E-state index >= 15 is 0 Å². The van der Waals surface area contributed by atoms with Crippen molar-refractivity contribution in [1.29, 1.82) is 0 Å². The lowest BCUT2D eigenvalue weighted by molar-refractivity contribution is 1.45. The van der Waals surface area contributed by atoms with E-state index < -0.39 is 0 Å². The zero-order valence-electron chi connectivity index (χ0n) is 5.57. The van der Waals surface area contributed by atoms with Crippen molar-refractivity contribution in [3.05, 3.63) is 28.2 Å². The van der Waals surface area contributed by atoms with Crippen LogP contribution in [0.5, 0.6) is 0 Å². The van der Waals surface area contributed by atoms with Crippen LogP contribution in [-0.2, 0) is 0 Å². The van der Waals surface area contributed by atoms with Gasteiger partial charge >= 0.3 is 0 Å². The molecule has 0 saturated heterocycles. The maximum absolute atomic E-state index is 5.82. The van der Waals surface area contributed by atoms with Crippen LogP contribution in [0.4, 0.5) is 5.69 Å². The Balaban J connectivity index is 2.96. The van der Waals surface area contributed by atoms with Gasteiger partial charge in [0.05, 0.1) is 21.7 Å². The first-order chi connectivity index (χ1) is 5.25. The Hall–Kier alpha value is -0.110. The number of hydrogen-bond donors (Lipinski definition) is 1. The molecule has 1 N–H and O–H groups in total. The largest absolute Gasteiger partial charge is 0.370 e. The first-order valence-electron chi connectivity index (χ1n) is 2.99. The second-order valence-electron chi connectivity index (χ2n) is 1.91. The van der Waals surface area contributed by atoms with Gasteiger partial charge in [-0.25, -0.2) is 0 Å². The predicted molar refractivity (Wildman–Crippen MR) is 50.8 cm³/mol. The van der Waals surface area contributed by atoms with Crippen molar-refractivity contribution in [2.45, 2.75) is 0 Å². The fraction of sp³-hybridized carbons (Fsp3) is 0.143. The van der Waals surface area contributed by atoms with E-state index in [1.165, 1.54) is 0 Å². The molecule has 0 amide bonds. The van der Waals surface area contributed by atoms with Crippen LogP contribution in [-0.4, -0.2) is 6.00 Å². The highest BCUT2D eigenvalue weighted by molar-refractivity contribution is 6.43. The molecule has 0 aliphatic rings. The monoisotopic (exact) mass is 209 g/mol. The summed E-state index contributed by atoms with van der Waals surface area (Å²) in [4.78, 5) is 0. The minimum atomic E-state index is 0.320. The van der Waals surface area contributed by atoms with E-state index in [9.17, 15) is 0 Å². The number of benzene rings is 1. The molecule has 0 aliphatic carbocycles. The van der Waals surface area contributed by atoms with Crippen LogP contribution in [0.1, 0.15) is 0 Å². The summed E-state index contributed by atoms with van der Waals surface area (Å²) in [5.41, 5.74) is 0.758. The van der Waals surface area contributed by atoms with Gasteiger partial charge < -0.3 is 5.32 Å². The number of hydrogen-bond acceptors (Lipinski definition) is 1. The Bertz CT molecular complexity index is 249. The molecule has 0 fully saturated rings. The minimum absolute atomic E-state index is 0.320. The van der Waals surface area contributed by atoms with Crippen LogP contribution < -0.4 is 5.32 Å². The summed E-state index contributed by atoms with van der Waals surface area (Å²) in [7, 11) is 0. The van der Waals surface area contributed by atoms with Crippen molar-refractivity contribution in [3.63, 3.8) is 0 Å². The topological polar surface area (TPSA) is 12.0 Å². The fourth-order valence-corrected chi connectivity index (χ4v) is 1.22. The third kappa shape index (κ3) is 2.16. The Kier molecular flexibility index (Phi) is 3.31. The number of nitrogens with one attached hydrogen (secondary N) is 1. The summed E-state index contributed by atoms with van der Waals surface area (Å²) < 4.78 is 0. The average molecular weight is 210 g/mol. The molecule has 60 valence electrons. The molecule has 0 atom stereocenters. The molecular weight excluding hydrogens is 204 g/mol. The minimum Gasteiger partial charge on any atom is -0.370 e. The molecule has 1 nitrogen and oxygen atoms in total. The molecule has 0 bridgehead atoms. The number of rotatable bonds is 2. The van der Waals surface area contributed by atoms with Crippen molar-refractivity contribution >= 4 is 40.5 Å². The summed E-state index contributed by atoms with van der Waals surface area (Å²) in [5, 5.41) is 3.90. The molecule has 0 heterocycles. The molecule has 4 heteroatoms. The van der Waals surface area contributed by atoms with Gasteiger partial charge in [0.2, 0.25) is 0 Å². The van der Waals surface area contributed by atoms with Gasteiger partial charge in [-0.2, -0.15) is 0 Å². The number of alkyl halides is 1. The average Bonchev–Trinajstić information content (AvgIpc) is 1.99. The van der Waals surface area contributed by atoms with Gasteiger partial charge in [0.25, 0.3) is 0 Å². The zero-order valence-corrected chi connectivity index (χ0v) is 7.84. The third-order valence-corrected chi connectivity index (χ3v) is 2.16. The van der Waals surface area contributed by atoms with Crippen LogP contribution >= 0.6 is 34.8 Å². The van der Waals surface area contributed by atoms with Crippen molar-refractivity contribution in [1.82, 2.24) is 0 Å². The first kappa shape index (κ1) is 8.98. The van der Waals surface area contributed by atoms with E-state index in [0.29, 0.717) is 16.0 Å². The van der Waals surface area contributed by atoms with E-state index in [-0.39, 0.29) is 0 Å². The first-order valence-corrected chi connectivity index (χ1v) is 4.28. The zero-order chi connectivity index (χ0) is 8.27. The molecule has 0 unspecified atom stereocenters. The Morgan fingerprint density at radius 1 is 1.27 bits per heavy atom. The summed E-state index contributed by atoms with van der Waals surface area (Å²) in [6.07, 6.45) is 0. The van der Waals surface area contributed by atoms with E-state index in [2.05, 4.69) is 5.32 Å². The second-order valence-corrected chi connectivity index (χ2v) is 2.96. The van der Waals surface area contributed by atoms with Gasteiger partial charge in [0, 0.05) is 0 Å². The normalized spacial score (nSPS) is 9.73. The smallest absolute Gasteiger partial charge is 0.0902 e. The highest BCUT2D eigenvalue weighted by Gasteiger charge is 2.01. The molecule has 1 aromatic rings. The van der Waals surface area contributed by atoms with Crippen LogP contribution in [0.3, 0.4) is 0 Å². The number of halogens is 3. The van der Waals surface area contributed by atoms with Gasteiger partial charge in [0.15, 0.2) is 0 Å². The predicted octanol–water partition coefficient (Wildman–Crippen LogP) is 3.60. The molecule has 11 heavy (non-hydrogen) atoms. The molecule has 1 rings (SSSR count). The third-order valence-electron chi connectivity index (χ3n) is 1.21. The molecule has 1 aromatic carbocycles. The highest BCUT2D eigenvalue weighted by Crippen LogP contribution is 2.29. The lowest BCUT2D eigenvalue weighted by Gasteiger charge is -2.04. The summed E-state index contributed by atoms with van der Waals surface area (Å²) in [5.74, 6) is 0. The lowest BCUT2D eigenvalue weighted by atomic mass is 10.3. The van der Waals surface area contributed by atoms with Crippen molar-refractivity contribution < 1.29 is 0 Å². The van der Waals surface area contributed by atoms with E-state index in [0.717, 1.165) is 5.69 Å². The van der Waals surface area contributed by atoms with Gasteiger partial charge in [-0.1, -0.05) is 29.3 Å². The van der Waals surface area contributed by atoms with E-state index in [4.69, 9.17) is 34.8 Å². The van der Waals surface area contributed by atoms with E-state index in [1.54, 1.807) is 6.07 Å². The Morgan fingerprint density at radius 2 is 2.00 bits per heavy atom. The SMILES string of the molecule is ClCNc1cccc(Cl)c1Cl. The van der Waals surface area contributed by atoms with E-state index in [1.807, 2.05) is 12.1 Å². The van der Waals surface area contributed by atoms with Crippen LogP contribution in [0, 0.1) is 0 Å². The molecule has 0 saturated carbocycles. The van der Waals surface area contributed by atoms with Crippen molar-refractivity contribution in [2.75, 3.05) is 11.3 Å².